The first-order chi connectivity index (χ1) is 16.5. The molecule has 4 N–H and O–H groups in total. The Balaban J connectivity index is 1.62. The second-order valence-electron chi connectivity index (χ2n) is 7.45. The van der Waals surface area contributed by atoms with Crippen LogP contribution in [-0.2, 0) is 9.59 Å². The average Bonchev–Trinajstić information content (AvgIpc) is 2.85. The van der Waals surface area contributed by atoms with Crippen LogP contribution in [0.5, 0.6) is 0 Å². The molecule has 9 nitrogen and oxygen atoms in total. The van der Waals surface area contributed by atoms with Crippen LogP contribution in [0.25, 0.3) is 17.5 Å². The van der Waals surface area contributed by atoms with E-state index in [1.165, 1.54) is 13.0 Å². The molecule has 3 rings (SSSR count). The lowest BCUT2D eigenvalue weighted by Gasteiger charge is -2.15. The van der Waals surface area contributed by atoms with Crippen molar-refractivity contribution in [2.24, 2.45) is 0 Å². The predicted octanol–water partition coefficient (Wildman–Crippen LogP) is 2.64. The van der Waals surface area contributed by atoms with Crippen molar-refractivity contribution in [1.29, 1.82) is 0 Å². The van der Waals surface area contributed by atoms with Crippen molar-refractivity contribution in [2.45, 2.75) is 13.8 Å². The van der Waals surface area contributed by atoms with Crippen LogP contribution in [0.3, 0.4) is 0 Å². The number of hydrogen-bond acceptors (Lipinski definition) is 7. The van der Waals surface area contributed by atoms with Gasteiger partial charge < -0.3 is 21.3 Å². The van der Waals surface area contributed by atoms with Crippen LogP contribution in [0.4, 0.5) is 11.6 Å². The van der Waals surface area contributed by atoms with E-state index in [1.807, 2.05) is 55.5 Å². The summed E-state index contributed by atoms with van der Waals surface area (Å²) < 4.78 is 0. The molecule has 9 heteroatoms. The number of anilines is 2. The zero-order valence-corrected chi connectivity index (χ0v) is 19.3. The van der Waals surface area contributed by atoms with E-state index in [-0.39, 0.29) is 11.8 Å². The molecule has 176 valence electrons. The van der Waals surface area contributed by atoms with E-state index in [2.05, 4.69) is 36.2 Å². The highest BCUT2D eigenvalue weighted by Crippen LogP contribution is 2.24. The van der Waals surface area contributed by atoms with E-state index >= 15 is 0 Å². The van der Waals surface area contributed by atoms with E-state index in [9.17, 15) is 9.59 Å². The van der Waals surface area contributed by atoms with Gasteiger partial charge >= 0.3 is 0 Å². The molecule has 0 bridgehead atoms. The topological polar surface area (TPSA) is 121 Å². The molecule has 0 spiro atoms. The van der Waals surface area contributed by atoms with Crippen molar-refractivity contribution in [3.8, 4) is 11.4 Å². The largest absolute Gasteiger partial charge is 0.368 e. The molecule has 0 aliphatic heterocycles. The molecular formula is C25H29N7O2. The van der Waals surface area contributed by atoms with Crippen LogP contribution in [0.1, 0.15) is 18.2 Å². The number of rotatable bonds is 11. The summed E-state index contributed by atoms with van der Waals surface area (Å²) in [6.07, 6.45) is 4.81. The van der Waals surface area contributed by atoms with E-state index in [4.69, 9.17) is 0 Å². The number of nitrogens with zero attached hydrogens (tertiary/aromatic N) is 3. The monoisotopic (exact) mass is 459 g/mol. The number of carbonyl (C=O) groups is 2. The SMILES string of the molecule is CC(=O)NCCNc1nc(-c2ccccc2)nc(NCCNC(=O)C=Cc2ccccn2)c1C. The fourth-order valence-corrected chi connectivity index (χ4v) is 3.06. The number of pyridine rings is 1. The standard InChI is InChI=1S/C25H29N7O2/c1-18-23(29-16-14-26-19(2)33)31-25(20-8-4-3-5-9-20)32-24(18)30-17-15-28-22(34)12-11-21-10-6-7-13-27-21/h3-13H,14-17H2,1-2H3,(H,26,33)(H,28,34)(H2,29,30,31,32). The van der Waals surface area contributed by atoms with Gasteiger partial charge in [-0.1, -0.05) is 36.4 Å². The number of aromatic nitrogens is 3. The van der Waals surface area contributed by atoms with Gasteiger partial charge in [-0.3, -0.25) is 14.6 Å². The second kappa shape index (κ2) is 12.7. The summed E-state index contributed by atoms with van der Waals surface area (Å²) in [5.41, 5.74) is 2.46. The summed E-state index contributed by atoms with van der Waals surface area (Å²) >= 11 is 0. The van der Waals surface area contributed by atoms with Crippen molar-refractivity contribution >= 4 is 29.5 Å². The van der Waals surface area contributed by atoms with Crippen LogP contribution in [-0.4, -0.2) is 52.9 Å². The fraction of sp³-hybridized carbons (Fsp3) is 0.240. The molecule has 0 unspecified atom stereocenters. The first-order valence-electron chi connectivity index (χ1n) is 11.1. The smallest absolute Gasteiger partial charge is 0.244 e. The van der Waals surface area contributed by atoms with Gasteiger partial charge in [0.05, 0.1) is 5.69 Å². The minimum absolute atomic E-state index is 0.0783. The van der Waals surface area contributed by atoms with Gasteiger partial charge in [-0.05, 0) is 25.1 Å². The lowest BCUT2D eigenvalue weighted by atomic mass is 10.2. The van der Waals surface area contributed by atoms with E-state index in [0.717, 1.165) is 16.8 Å². The van der Waals surface area contributed by atoms with Crippen LogP contribution >= 0.6 is 0 Å². The van der Waals surface area contributed by atoms with Gasteiger partial charge in [-0.25, -0.2) is 9.97 Å². The minimum Gasteiger partial charge on any atom is -0.368 e. The van der Waals surface area contributed by atoms with Gasteiger partial charge in [0.1, 0.15) is 11.6 Å². The van der Waals surface area contributed by atoms with Crippen LogP contribution in [0, 0.1) is 6.92 Å². The maximum Gasteiger partial charge on any atom is 0.244 e. The summed E-state index contributed by atoms with van der Waals surface area (Å²) in [4.78, 5) is 36.7. The first kappa shape index (κ1) is 24.4. The van der Waals surface area contributed by atoms with Gasteiger partial charge in [-0.2, -0.15) is 0 Å². The van der Waals surface area contributed by atoms with Crippen molar-refractivity contribution in [2.75, 3.05) is 36.8 Å². The zero-order valence-electron chi connectivity index (χ0n) is 19.3. The van der Waals surface area contributed by atoms with E-state index < -0.39 is 0 Å². The van der Waals surface area contributed by atoms with Crippen LogP contribution in [0.2, 0.25) is 0 Å². The fourth-order valence-electron chi connectivity index (χ4n) is 3.06. The average molecular weight is 460 g/mol. The Hall–Kier alpha value is -4.27. The number of nitrogens with one attached hydrogen (secondary N) is 4. The molecule has 34 heavy (non-hydrogen) atoms. The quantitative estimate of drug-likeness (QED) is 0.257. The molecular weight excluding hydrogens is 430 g/mol. The lowest BCUT2D eigenvalue weighted by molar-refractivity contribution is -0.119. The summed E-state index contributed by atoms with van der Waals surface area (Å²) in [6, 6.07) is 15.2. The molecule has 0 saturated carbocycles. The van der Waals surface area contributed by atoms with Crippen molar-refractivity contribution < 1.29 is 9.59 Å². The highest BCUT2D eigenvalue weighted by molar-refractivity contribution is 5.91. The number of amides is 2. The third-order valence-corrected chi connectivity index (χ3v) is 4.78. The van der Waals surface area contributed by atoms with E-state index in [0.29, 0.717) is 43.6 Å². The first-order valence-corrected chi connectivity index (χ1v) is 11.1. The molecule has 0 atom stereocenters. The maximum atomic E-state index is 12.1. The third kappa shape index (κ3) is 7.70. The Labute approximate surface area is 199 Å². The zero-order chi connectivity index (χ0) is 24.2. The van der Waals surface area contributed by atoms with Crippen LogP contribution < -0.4 is 21.3 Å². The normalized spacial score (nSPS) is 10.6. The molecule has 0 saturated heterocycles. The molecule has 3 aromatic rings. The second-order valence-corrected chi connectivity index (χ2v) is 7.45. The highest BCUT2D eigenvalue weighted by Gasteiger charge is 2.12. The highest BCUT2D eigenvalue weighted by atomic mass is 16.2. The van der Waals surface area contributed by atoms with E-state index in [1.54, 1.807) is 12.3 Å². The Morgan fingerprint density at radius 2 is 1.50 bits per heavy atom. The molecule has 0 radical (unpaired) electrons. The maximum absolute atomic E-state index is 12.1. The number of carbonyl (C=O) groups excluding carboxylic acids is 2. The lowest BCUT2D eigenvalue weighted by Crippen LogP contribution is -2.28. The summed E-state index contributed by atoms with van der Waals surface area (Å²) in [6.45, 7) is 5.33. The number of hydrogen-bond donors (Lipinski definition) is 4. The molecule has 2 aromatic heterocycles. The number of benzene rings is 1. The molecule has 0 aliphatic carbocycles. The van der Waals surface area contributed by atoms with Crippen molar-refractivity contribution in [1.82, 2.24) is 25.6 Å². The Morgan fingerprint density at radius 3 is 2.12 bits per heavy atom. The predicted molar refractivity (Wildman–Crippen MR) is 134 cm³/mol. The van der Waals surface area contributed by atoms with Gasteiger partial charge in [0, 0.05) is 56.5 Å². The molecule has 2 amide bonds. The molecule has 1 aromatic carbocycles. The Morgan fingerprint density at radius 1 is 0.853 bits per heavy atom. The van der Waals surface area contributed by atoms with Gasteiger partial charge in [0.25, 0.3) is 0 Å². The Kier molecular flexibility index (Phi) is 9.09. The Bertz CT molecular complexity index is 1120. The molecule has 0 fully saturated rings. The van der Waals surface area contributed by atoms with Crippen molar-refractivity contribution in [3.63, 3.8) is 0 Å². The van der Waals surface area contributed by atoms with Gasteiger partial charge in [0.15, 0.2) is 5.82 Å². The summed E-state index contributed by atoms with van der Waals surface area (Å²) in [5.74, 6) is 1.67. The minimum atomic E-state index is -0.197. The molecule has 0 aliphatic rings. The summed E-state index contributed by atoms with van der Waals surface area (Å²) in [5, 5.41) is 12.2. The van der Waals surface area contributed by atoms with Gasteiger partial charge in [-0.15, -0.1) is 0 Å². The van der Waals surface area contributed by atoms with Gasteiger partial charge in [0.2, 0.25) is 11.8 Å². The van der Waals surface area contributed by atoms with Crippen LogP contribution in [0.15, 0.2) is 60.8 Å². The summed E-state index contributed by atoms with van der Waals surface area (Å²) in [7, 11) is 0. The molecule has 2 heterocycles. The third-order valence-electron chi connectivity index (χ3n) is 4.78. The van der Waals surface area contributed by atoms with Crippen molar-refractivity contribution in [3.05, 3.63) is 72.1 Å².